The normalized spacial score (nSPS) is 12.3. The Kier molecular flexibility index (Phi) is 2.47. The van der Waals surface area contributed by atoms with Crippen molar-refractivity contribution in [1.29, 1.82) is 0 Å². The van der Waals surface area contributed by atoms with Crippen molar-refractivity contribution in [2.45, 2.75) is 27.2 Å². The number of halogens is 1. The summed E-state index contributed by atoms with van der Waals surface area (Å²) in [6.07, 6.45) is 4.75. The minimum absolute atomic E-state index is 0.240. The minimum Gasteiger partial charge on any atom is -0.302 e. The fourth-order valence-electron chi connectivity index (χ4n) is 1.62. The van der Waals surface area contributed by atoms with Crippen LogP contribution >= 0.6 is 11.6 Å². The second-order valence-electron chi connectivity index (χ2n) is 5.05. The third kappa shape index (κ3) is 2.32. The lowest BCUT2D eigenvalue weighted by Gasteiger charge is -2.16. The fourth-order valence-corrected chi connectivity index (χ4v) is 1.78. The van der Waals surface area contributed by atoms with Crippen LogP contribution in [0.4, 0.5) is 0 Å². The van der Waals surface area contributed by atoms with Gasteiger partial charge in [0.1, 0.15) is 5.82 Å². The maximum absolute atomic E-state index is 5.97. The molecule has 15 heavy (non-hydrogen) atoms. The van der Waals surface area contributed by atoms with Crippen LogP contribution in [0.25, 0.3) is 5.52 Å². The Morgan fingerprint density at radius 1 is 1.33 bits per heavy atom. The monoisotopic (exact) mass is 222 g/mol. The summed E-state index contributed by atoms with van der Waals surface area (Å²) in [7, 11) is 0. The van der Waals surface area contributed by atoms with E-state index in [1.165, 1.54) is 0 Å². The van der Waals surface area contributed by atoms with E-state index in [0.29, 0.717) is 0 Å². The van der Waals surface area contributed by atoms with E-state index in [4.69, 9.17) is 11.6 Å². The summed E-state index contributed by atoms with van der Waals surface area (Å²) in [4.78, 5) is 4.43. The van der Waals surface area contributed by atoms with Crippen LogP contribution < -0.4 is 0 Å². The van der Waals surface area contributed by atoms with Crippen molar-refractivity contribution in [1.82, 2.24) is 9.38 Å². The molecular weight excluding hydrogens is 208 g/mol. The molecule has 80 valence electrons. The molecule has 2 aromatic heterocycles. The molecule has 0 aliphatic carbocycles. The Morgan fingerprint density at radius 3 is 2.73 bits per heavy atom. The Hall–Kier alpha value is -1.02. The largest absolute Gasteiger partial charge is 0.302 e. The maximum atomic E-state index is 5.97. The van der Waals surface area contributed by atoms with Crippen molar-refractivity contribution in [3.63, 3.8) is 0 Å². The molecule has 2 rings (SSSR count). The Balaban J connectivity index is 2.48. The lowest BCUT2D eigenvalue weighted by Crippen LogP contribution is -2.11. The predicted molar refractivity (Wildman–Crippen MR) is 63.4 cm³/mol. The first-order chi connectivity index (χ1) is 6.96. The molecule has 0 spiro atoms. The summed E-state index contributed by atoms with van der Waals surface area (Å²) in [6.45, 7) is 6.62. The Labute approximate surface area is 94.9 Å². The van der Waals surface area contributed by atoms with Crippen LogP contribution in [-0.2, 0) is 6.42 Å². The lowest BCUT2D eigenvalue weighted by atomic mass is 9.92. The number of aromatic nitrogens is 2. The first-order valence-electron chi connectivity index (χ1n) is 5.07. The average molecular weight is 223 g/mol. The van der Waals surface area contributed by atoms with Crippen molar-refractivity contribution in [3.8, 4) is 0 Å². The van der Waals surface area contributed by atoms with Gasteiger partial charge in [-0.1, -0.05) is 32.4 Å². The van der Waals surface area contributed by atoms with Crippen LogP contribution in [0.3, 0.4) is 0 Å². The van der Waals surface area contributed by atoms with Crippen molar-refractivity contribution in [3.05, 3.63) is 35.4 Å². The first-order valence-corrected chi connectivity index (χ1v) is 5.45. The van der Waals surface area contributed by atoms with Gasteiger partial charge < -0.3 is 4.40 Å². The fraction of sp³-hybridized carbons (Fsp3) is 0.417. The van der Waals surface area contributed by atoms with Gasteiger partial charge in [-0.15, -0.1) is 0 Å². The summed E-state index contributed by atoms with van der Waals surface area (Å²) >= 11 is 5.97. The van der Waals surface area contributed by atoms with E-state index in [1.807, 2.05) is 24.5 Å². The molecule has 0 N–H and O–H groups in total. The zero-order valence-electron chi connectivity index (χ0n) is 9.29. The van der Waals surface area contributed by atoms with Gasteiger partial charge in [-0.3, -0.25) is 0 Å². The Morgan fingerprint density at radius 2 is 2.07 bits per heavy atom. The molecule has 2 nitrogen and oxygen atoms in total. The number of hydrogen-bond donors (Lipinski definition) is 0. The summed E-state index contributed by atoms with van der Waals surface area (Å²) in [5, 5.41) is 0.746. The van der Waals surface area contributed by atoms with E-state index in [-0.39, 0.29) is 5.41 Å². The lowest BCUT2D eigenvalue weighted by molar-refractivity contribution is 0.400. The van der Waals surface area contributed by atoms with Gasteiger partial charge in [-0.05, 0) is 17.5 Å². The maximum Gasteiger partial charge on any atom is 0.113 e. The third-order valence-corrected chi connectivity index (χ3v) is 2.48. The second-order valence-corrected chi connectivity index (χ2v) is 5.49. The van der Waals surface area contributed by atoms with E-state index in [2.05, 4.69) is 30.2 Å². The molecule has 0 aliphatic rings. The molecule has 0 fully saturated rings. The van der Waals surface area contributed by atoms with Crippen LogP contribution in [0.2, 0.25) is 5.02 Å². The summed E-state index contributed by atoms with van der Waals surface area (Å²) in [5.74, 6) is 1.07. The van der Waals surface area contributed by atoms with Gasteiger partial charge in [0, 0.05) is 12.6 Å². The molecule has 0 atom stereocenters. The van der Waals surface area contributed by atoms with Gasteiger partial charge in [-0.25, -0.2) is 4.98 Å². The van der Waals surface area contributed by atoms with Gasteiger partial charge in [0.2, 0.25) is 0 Å². The number of imidazole rings is 1. The molecule has 0 aromatic carbocycles. The average Bonchev–Trinajstić information content (AvgIpc) is 2.46. The highest BCUT2D eigenvalue weighted by Crippen LogP contribution is 2.21. The SMILES string of the molecule is CC(C)(C)Cc1ncc2ccc(Cl)cn12. The van der Waals surface area contributed by atoms with Gasteiger partial charge in [0.25, 0.3) is 0 Å². The molecule has 0 saturated heterocycles. The molecular formula is C12H15ClN2. The van der Waals surface area contributed by atoms with Crippen LogP contribution in [0.1, 0.15) is 26.6 Å². The summed E-state index contributed by atoms with van der Waals surface area (Å²) in [5.41, 5.74) is 1.34. The topological polar surface area (TPSA) is 17.3 Å². The molecule has 3 heteroatoms. The van der Waals surface area contributed by atoms with Crippen molar-refractivity contribution >= 4 is 17.1 Å². The highest BCUT2D eigenvalue weighted by atomic mass is 35.5. The molecule has 2 aromatic rings. The van der Waals surface area contributed by atoms with Crippen LogP contribution in [0, 0.1) is 5.41 Å². The van der Waals surface area contributed by atoms with E-state index >= 15 is 0 Å². The molecule has 0 saturated carbocycles. The number of pyridine rings is 1. The third-order valence-electron chi connectivity index (χ3n) is 2.26. The zero-order valence-corrected chi connectivity index (χ0v) is 10.0. The number of rotatable bonds is 1. The second kappa shape index (κ2) is 3.53. The van der Waals surface area contributed by atoms with Gasteiger partial charge >= 0.3 is 0 Å². The van der Waals surface area contributed by atoms with Gasteiger partial charge in [-0.2, -0.15) is 0 Å². The summed E-state index contributed by atoms with van der Waals surface area (Å²) < 4.78 is 2.06. The molecule has 0 radical (unpaired) electrons. The van der Waals surface area contributed by atoms with Gasteiger partial charge in [0.05, 0.1) is 16.7 Å². The highest BCUT2D eigenvalue weighted by Gasteiger charge is 2.15. The van der Waals surface area contributed by atoms with Crippen LogP contribution in [-0.4, -0.2) is 9.38 Å². The van der Waals surface area contributed by atoms with E-state index in [1.54, 1.807) is 0 Å². The smallest absolute Gasteiger partial charge is 0.113 e. The number of hydrogen-bond acceptors (Lipinski definition) is 1. The predicted octanol–water partition coefficient (Wildman–Crippen LogP) is 3.58. The molecule has 2 heterocycles. The number of fused-ring (bicyclic) bond motifs is 1. The Bertz CT molecular complexity index is 480. The molecule has 0 bridgehead atoms. The zero-order chi connectivity index (χ0) is 11.1. The quantitative estimate of drug-likeness (QED) is 0.721. The van der Waals surface area contributed by atoms with Crippen molar-refractivity contribution in [2.75, 3.05) is 0 Å². The van der Waals surface area contributed by atoms with Crippen molar-refractivity contribution < 1.29 is 0 Å². The summed E-state index contributed by atoms with van der Waals surface area (Å²) in [6, 6.07) is 3.88. The number of nitrogens with zero attached hydrogens (tertiary/aromatic N) is 2. The standard InChI is InChI=1S/C12H15ClN2/c1-12(2,3)6-11-14-7-10-5-4-9(13)8-15(10)11/h4-5,7-8H,6H2,1-3H3. The van der Waals surface area contributed by atoms with E-state index in [0.717, 1.165) is 22.8 Å². The molecule has 0 aliphatic heterocycles. The minimum atomic E-state index is 0.240. The van der Waals surface area contributed by atoms with E-state index < -0.39 is 0 Å². The van der Waals surface area contributed by atoms with E-state index in [9.17, 15) is 0 Å². The molecule has 0 unspecified atom stereocenters. The first kappa shape index (κ1) is 10.5. The van der Waals surface area contributed by atoms with Crippen LogP contribution in [0.15, 0.2) is 24.5 Å². The van der Waals surface area contributed by atoms with Gasteiger partial charge in [0.15, 0.2) is 0 Å². The van der Waals surface area contributed by atoms with Crippen molar-refractivity contribution in [2.24, 2.45) is 5.41 Å². The molecule has 0 amide bonds. The highest BCUT2D eigenvalue weighted by molar-refractivity contribution is 6.30. The van der Waals surface area contributed by atoms with Crippen LogP contribution in [0.5, 0.6) is 0 Å².